The number of aromatic hydroxyl groups is 1. The van der Waals surface area contributed by atoms with Crippen LogP contribution in [0.3, 0.4) is 0 Å². The van der Waals surface area contributed by atoms with Gasteiger partial charge in [0, 0.05) is 11.8 Å². The largest absolute Gasteiger partial charge is 0.507 e. The van der Waals surface area contributed by atoms with Crippen molar-refractivity contribution >= 4 is 23.6 Å². The number of anilines is 1. The van der Waals surface area contributed by atoms with E-state index in [-0.39, 0.29) is 17.0 Å². The molecular weight excluding hydrogens is 350 g/mol. The van der Waals surface area contributed by atoms with Crippen LogP contribution in [0.5, 0.6) is 17.2 Å². The van der Waals surface area contributed by atoms with Gasteiger partial charge in [0.25, 0.3) is 0 Å². The van der Waals surface area contributed by atoms with Crippen molar-refractivity contribution in [2.24, 2.45) is 0 Å². The molecule has 0 aliphatic carbocycles. The Morgan fingerprint density at radius 1 is 1.19 bits per heavy atom. The Bertz CT molecular complexity index is 888. The van der Waals surface area contributed by atoms with Crippen molar-refractivity contribution in [2.75, 3.05) is 19.0 Å². The summed E-state index contributed by atoms with van der Waals surface area (Å²) in [6.07, 6.45) is 2.91. The molecule has 0 fully saturated rings. The quantitative estimate of drug-likeness (QED) is 0.508. The standard InChI is InChI=1S/C20H21NO6/c1-4-27-16-7-5-13(10-17(16)26-3)6-8-18(22)21-14-9-12(2)19(23)15(11-14)20(24)25/h5-11,23H,4H2,1-3H3,(H,21,22)(H,24,25)/b8-6+. The van der Waals surface area contributed by atoms with Gasteiger partial charge in [0.2, 0.25) is 5.91 Å². The second kappa shape index (κ2) is 8.75. The minimum Gasteiger partial charge on any atom is -0.507 e. The molecular formula is C20H21NO6. The minimum absolute atomic E-state index is 0.273. The minimum atomic E-state index is -1.27. The molecule has 0 saturated carbocycles. The number of aromatic carboxylic acids is 1. The number of aryl methyl sites for hydroxylation is 1. The molecule has 0 aliphatic heterocycles. The Balaban J connectivity index is 2.15. The number of phenols is 1. The molecule has 2 aromatic carbocycles. The first-order valence-corrected chi connectivity index (χ1v) is 8.22. The lowest BCUT2D eigenvalue weighted by atomic mass is 10.1. The Hall–Kier alpha value is -3.48. The van der Waals surface area contributed by atoms with Crippen molar-refractivity contribution in [3.05, 3.63) is 53.1 Å². The maximum Gasteiger partial charge on any atom is 0.339 e. The van der Waals surface area contributed by atoms with Crippen molar-refractivity contribution in [1.82, 2.24) is 0 Å². The number of hydrogen-bond donors (Lipinski definition) is 3. The number of hydrogen-bond acceptors (Lipinski definition) is 5. The Morgan fingerprint density at radius 2 is 1.93 bits per heavy atom. The van der Waals surface area contributed by atoms with Gasteiger partial charge in [-0.25, -0.2) is 4.79 Å². The van der Waals surface area contributed by atoms with Gasteiger partial charge in [-0.1, -0.05) is 6.07 Å². The van der Waals surface area contributed by atoms with Crippen LogP contribution in [0.25, 0.3) is 6.08 Å². The van der Waals surface area contributed by atoms with E-state index in [0.717, 1.165) is 5.56 Å². The van der Waals surface area contributed by atoms with Crippen molar-refractivity contribution in [3.63, 3.8) is 0 Å². The molecule has 1 amide bonds. The molecule has 2 rings (SSSR count). The molecule has 3 N–H and O–H groups in total. The van der Waals surface area contributed by atoms with Gasteiger partial charge in [-0.3, -0.25) is 4.79 Å². The second-order valence-electron chi connectivity index (χ2n) is 5.66. The normalized spacial score (nSPS) is 10.6. The van der Waals surface area contributed by atoms with Crippen LogP contribution in [0.2, 0.25) is 0 Å². The zero-order chi connectivity index (χ0) is 20.0. The van der Waals surface area contributed by atoms with E-state index in [1.807, 2.05) is 6.92 Å². The number of nitrogens with one attached hydrogen (secondary N) is 1. The van der Waals surface area contributed by atoms with E-state index < -0.39 is 11.9 Å². The van der Waals surface area contributed by atoms with Gasteiger partial charge in [-0.05, 0) is 55.3 Å². The number of carboxylic acid groups (broad SMARTS) is 1. The van der Waals surface area contributed by atoms with Gasteiger partial charge in [0.1, 0.15) is 11.3 Å². The number of rotatable bonds is 7. The number of carboxylic acids is 1. The van der Waals surface area contributed by atoms with E-state index in [2.05, 4.69) is 5.32 Å². The molecule has 7 heteroatoms. The molecule has 0 radical (unpaired) electrons. The SMILES string of the molecule is CCOc1ccc(/C=C/C(=O)Nc2cc(C)c(O)c(C(=O)O)c2)cc1OC. The van der Waals surface area contributed by atoms with E-state index in [0.29, 0.717) is 23.7 Å². The van der Waals surface area contributed by atoms with E-state index >= 15 is 0 Å². The lowest BCUT2D eigenvalue weighted by Crippen LogP contribution is -2.09. The van der Waals surface area contributed by atoms with Crippen LogP contribution >= 0.6 is 0 Å². The van der Waals surface area contributed by atoms with E-state index in [9.17, 15) is 14.7 Å². The zero-order valence-corrected chi connectivity index (χ0v) is 15.3. The summed E-state index contributed by atoms with van der Waals surface area (Å²) in [4.78, 5) is 23.3. The molecule has 0 saturated heterocycles. The van der Waals surface area contributed by atoms with Gasteiger partial charge in [-0.15, -0.1) is 0 Å². The van der Waals surface area contributed by atoms with E-state index in [1.165, 1.54) is 25.3 Å². The molecule has 2 aromatic rings. The monoisotopic (exact) mass is 371 g/mol. The summed E-state index contributed by atoms with van der Waals surface area (Å²) in [5.41, 5.74) is 1.09. The molecule has 7 nitrogen and oxygen atoms in total. The van der Waals surface area contributed by atoms with Crippen molar-refractivity contribution in [2.45, 2.75) is 13.8 Å². The maximum atomic E-state index is 12.1. The third-order valence-corrected chi connectivity index (χ3v) is 3.71. The molecule has 0 atom stereocenters. The molecule has 27 heavy (non-hydrogen) atoms. The fraction of sp³-hybridized carbons (Fsp3) is 0.200. The first-order valence-electron chi connectivity index (χ1n) is 8.22. The first-order chi connectivity index (χ1) is 12.8. The predicted molar refractivity (Wildman–Crippen MR) is 102 cm³/mol. The summed E-state index contributed by atoms with van der Waals surface area (Å²) in [5, 5.41) is 21.4. The molecule has 0 heterocycles. The van der Waals surface area contributed by atoms with Gasteiger partial charge in [0.05, 0.1) is 13.7 Å². The second-order valence-corrected chi connectivity index (χ2v) is 5.66. The molecule has 0 spiro atoms. The van der Waals surface area contributed by atoms with Crippen LogP contribution in [0.4, 0.5) is 5.69 Å². The lowest BCUT2D eigenvalue weighted by molar-refractivity contribution is -0.111. The van der Waals surface area contributed by atoms with E-state index in [4.69, 9.17) is 14.6 Å². The van der Waals surface area contributed by atoms with Crippen LogP contribution in [0.15, 0.2) is 36.4 Å². The number of carbonyl (C=O) groups is 2. The summed E-state index contributed by atoms with van der Waals surface area (Å²) in [6, 6.07) is 7.97. The first kappa shape index (κ1) is 19.8. The van der Waals surface area contributed by atoms with Crippen molar-refractivity contribution in [3.8, 4) is 17.2 Å². The Kier molecular flexibility index (Phi) is 6.43. The summed E-state index contributed by atoms with van der Waals surface area (Å²) in [5.74, 6) is -0.868. The van der Waals surface area contributed by atoms with Crippen LogP contribution in [-0.4, -0.2) is 35.8 Å². The summed E-state index contributed by atoms with van der Waals surface area (Å²) in [7, 11) is 1.53. The molecule has 0 aliphatic rings. The van der Waals surface area contributed by atoms with Gasteiger partial charge in [0.15, 0.2) is 11.5 Å². The fourth-order valence-electron chi connectivity index (χ4n) is 2.43. The molecule has 0 bridgehead atoms. The van der Waals surface area contributed by atoms with Crippen LogP contribution < -0.4 is 14.8 Å². The Morgan fingerprint density at radius 3 is 2.56 bits per heavy atom. The number of amides is 1. The zero-order valence-electron chi connectivity index (χ0n) is 15.3. The highest BCUT2D eigenvalue weighted by atomic mass is 16.5. The third kappa shape index (κ3) is 5.01. The van der Waals surface area contributed by atoms with Gasteiger partial charge >= 0.3 is 5.97 Å². The smallest absolute Gasteiger partial charge is 0.339 e. The fourth-order valence-corrected chi connectivity index (χ4v) is 2.43. The summed E-state index contributed by atoms with van der Waals surface area (Å²) in [6.45, 7) is 3.94. The summed E-state index contributed by atoms with van der Waals surface area (Å²) < 4.78 is 10.7. The van der Waals surface area contributed by atoms with Gasteiger partial charge in [-0.2, -0.15) is 0 Å². The highest BCUT2D eigenvalue weighted by molar-refractivity contribution is 6.03. The average molecular weight is 371 g/mol. The van der Waals surface area contributed by atoms with E-state index in [1.54, 1.807) is 31.2 Å². The Labute approximate surface area is 156 Å². The molecule has 142 valence electrons. The predicted octanol–water partition coefficient (Wildman–Crippen LogP) is 3.46. The van der Waals surface area contributed by atoms with Crippen LogP contribution in [0.1, 0.15) is 28.4 Å². The average Bonchev–Trinajstić information content (AvgIpc) is 2.63. The summed E-state index contributed by atoms with van der Waals surface area (Å²) >= 11 is 0. The maximum absolute atomic E-state index is 12.1. The number of carbonyl (C=O) groups excluding carboxylic acids is 1. The number of methoxy groups -OCH3 is 1. The molecule has 0 aromatic heterocycles. The van der Waals surface area contributed by atoms with Crippen molar-refractivity contribution in [1.29, 1.82) is 0 Å². The number of ether oxygens (including phenoxy) is 2. The number of benzene rings is 2. The van der Waals surface area contributed by atoms with Gasteiger partial charge < -0.3 is 25.0 Å². The lowest BCUT2D eigenvalue weighted by Gasteiger charge is -2.10. The molecule has 0 unspecified atom stereocenters. The van der Waals surface area contributed by atoms with Crippen molar-refractivity contribution < 1.29 is 29.3 Å². The highest BCUT2D eigenvalue weighted by Gasteiger charge is 2.14. The van der Waals surface area contributed by atoms with Crippen LogP contribution in [-0.2, 0) is 4.79 Å². The highest BCUT2D eigenvalue weighted by Crippen LogP contribution is 2.29. The third-order valence-electron chi connectivity index (χ3n) is 3.71. The topological polar surface area (TPSA) is 105 Å². The van der Waals surface area contributed by atoms with Crippen LogP contribution in [0, 0.1) is 6.92 Å².